The highest BCUT2D eigenvalue weighted by molar-refractivity contribution is 7.11. The number of para-hydroxylation sites is 1. The number of thiazole rings is 1. The fraction of sp³-hybridized carbons (Fsp3) is 0.312. The van der Waals surface area contributed by atoms with Gasteiger partial charge in [-0.05, 0) is 23.3 Å². The predicted molar refractivity (Wildman–Crippen MR) is 170 cm³/mol. The molecule has 4 aromatic rings. The maximum atomic E-state index is 13.3. The first-order chi connectivity index (χ1) is 21.3. The highest BCUT2D eigenvalue weighted by atomic mass is 32.1. The number of ketones is 1. The summed E-state index contributed by atoms with van der Waals surface area (Å²) in [7, 11) is 1.98. The second kappa shape index (κ2) is 14.1. The van der Waals surface area contributed by atoms with Crippen LogP contribution in [0.5, 0.6) is 0 Å². The number of aromatic amines is 1. The summed E-state index contributed by atoms with van der Waals surface area (Å²) < 4.78 is 0. The van der Waals surface area contributed by atoms with Crippen LogP contribution in [0.3, 0.4) is 0 Å². The van der Waals surface area contributed by atoms with E-state index in [2.05, 4.69) is 35.8 Å². The molecule has 2 atom stereocenters. The van der Waals surface area contributed by atoms with Crippen LogP contribution in [-0.4, -0.2) is 83.0 Å². The number of fused-ring (bicyclic) bond motifs is 1. The zero-order valence-corrected chi connectivity index (χ0v) is 25.4. The SMILES string of the molecule is CCC(=O)NC(Cc1cccc(C2=NCCN2C)c1)C(=O)NCC(=O)NC(Cc1c[nH]c2ccccc12)C(=O)c1nccs1. The zero-order valence-electron chi connectivity index (χ0n) is 24.6. The van der Waals surface area contributed by atoms with Crippen LogP contribution < -0.4 is 16.0 Å². The quantitative estimate of drug-likeness (QED) is 0.170. The average Bonchev–Trinajstić information content (AvgIpc) is 3.81. The second-order valence-electron chi connectivity index (χ2n) is 10.6. The lowest BCUT2D eigenvalue weighted by Crippen LogP contribution is -2.51. The van der Waals surface area contributed by atoms with Crippen molar-refractivity contribution in [1.29, 1.82) is 0 Å². The number of aromatic nitrogens is 2. The summed E-state index contributed by atoms with van der Waals surface area (Å²) in [6.07, 6.45) is 4.06. The summed E-state index contributed by atoms with van der Waals surface area (Å²) in [5.41, 5.74) is 3.59. The van der Waals surface area contributed by atoms with Gasteiger partial charge in [-0.3, -0.25) is 24.2 Å². The summed E-state index contributed by atoms with van der Waals surface area (Å²) >= 11 is 1.20. The van der Waals surface area contributed by atoms with Gasteiger partial charge >= 0.3 is 0 Å². The van der Waals surface area contributed by atoms with Gasteiger partial charge in [0.05, 0.1) is 19.1 Å². The second-order valence-corrected chi connectivity index (χ2v) is 11.5. The molecule has 4 N–H and O–H groups in total. The van der Waals surface area contributed by atoms with E-state index >= 15 is 0 Å². The fourth-order valence-corrected chi connectivity index (χ4v) is 5.81. The molecule has 2 aromatic carbocycles. The minimum atomic E-state index is -0.896. The molecule has 0 saturated carbocycles. The topological polar surface area (TPSA) is 149 Å². The number of carbonyl (C=O) groups excluding carboxylic acids is 4. The van der Waals surface area contributed by atoms with E-state index in [1.54, 1.807) is 18.5 Å². The van der Waals surface area contributed by atoms with Crippen molar-refractivity contribution < 1.29 is 19.2 Å². The van der Waals surface area contributed by atoms with Crippen molar-refractivity contribution in [2.75, 3.05) is 26.7 Å². The number of hydrogen-bond donors (Lipinski definition) is 4. The van der Waals surface area contributed by atoms with Crippen LogP contribution in [0.2, 0.25) is 0 Å². The molecule has 2 unspecified atom stereocenters. The van der Waals surface area contributed by atoms with Crippen LogP contribution in [0.25, 0.3) is 10.9 Å². The number of amidine groups is 1. The normalized spacial score (nSPS) is 14.1. The van der Waals surface area contributed by atoms with E-state index in [4.69, 9.17) is 0 Å². The molecule has 0 radical (unpaired) electrons. The summed E-state index contributed by atoms with van der Waals surface area (Å²) in [5, 5.41) is 11.2. The molecule has 0 spiro atoms. The minimum absolute atomic E-state index is 0.209. The number of rotatable bonds is 13. The molecule has 0 aliphatic carbocycles. The summed E-state index contributed by atoms with van der Waals surface area (Å²) in [6, 6.07) is 13.7. The molecule has 2 aromatic heterocycles. The highest BCUT2D eigenvalue weighted by Gasteiger charge is 2.27. The van der Waals surface area contributed by atoms with Gasteiger partial charge in [0.25, 0.3) is 0 Å². The van der Waals surface area contributed by atoms with Crippen LogP contribution in [0.15, 0.2) is 71.3 Å². The number of aliphatic imine (C=N–C) groups is 1. The van der Waals surface area contributed by atoms with Gasteiger partial charge in [-0.1, -0.05) is 43.3 Å². The molecule has 228 valence electrons. The highest BCUT2D eigenvalue weighted by Crippen LogP contribution is 2.21. The molecule has 44 heavy (non-hydrogen) atoms. The fourth-order valence-electron chi connectivity index (χ4n) is 5.18. The van der Waals surface area contributed by atoms with E-state index in [1.165, 1.54) is 11.3 Å². The first-order valence-corrected chi connectivity index (χ1v) is 15.4. The molecule has 11 nitrogen and oxygen atoms in total. The minimum Gasteiger partial charge on any atom is -0.361 e. The molecule has 0 bridgehead atoms. The van der Waals surface area contributed by atoms with Crippen molar-refractivity contribution in [2.24, 2.45) is 4.99 Å². The van der Waals surface area contributed by atoms with Gasteiger partial charge in [0.2, 0.25) is 23.5 Å². The van der Waals surface area contributed by atoms with Crippen LogP contribution in [0, 0.1) is 0 Å². The van der Waals surface area contributed by atoms with Gasteiger partial charge in [0.15, 0.2) is 5.01 Å². The average molecular weight is 614 g/mol. The maximum absolute atomic E-state index is 13.3. The Morgan fingerprint density at radius 1 is 1.02 bits per heavy atom. The number of Topliss-reactive ketones (excluding diaryl/α,β-unsaturated/α-hetero) is 1. The lowest BCUT2D eigenvalue weighted by atomic mass is 10.0. The largest absolute Gasteiger partial charge is 0.361 e. The third kappa shape index (κ3) is 7.38. The van der Waals surface area contributed by atoms with Crippen molar-refractivity contribution in [3.05, 3.63) is 88.0 Å². The molecule has 5 rings (SSSR count). The van der Waals surface area contributed by atoms with E-state index in [0.717, 1.165) is 46.5 Å². The standard InChI is InChI=1S/C32H35N7O4S/c1-3-27(40)38-26(16-20-7-6-8-21(15-20)30-33-11-13-39(30)2)31(43)36-19-28(41)37-25(29(42)32-34-12-14-44-32)17-22-18-35-24-10-5-4-9-23(22)24/h4-10,12,14-15,18,25-26,35H,3,11,13,16-17,19H2,1-2H3,(H,36,43)(H,37,41)(H,38,40). The number of hydrogen-bond acceptors (Lipinski definition) is 8. The lowest BCUT2D eigenvalue weighted by molar-refractivity contribution is -0.130. The van der Waals surface area contributed by atoms with E-state index in [0.29, 0.717) is 5.01 Å². The first-order valence-electron chi connectivity index (χ1n) is 14.5. The van der Waals surface area contributed by atoms with Gasteiger partial charge in [0, 0.05) is 67.1 Å². The molecule has 3 amide bonds. The number of benzene rings is 2. The van der Waals surface area contributed by atoms with Crippen molar-refractivity contribution in [3.8, 4) is 0 Å². The molecule has 1 aliphatic heterocycles. The van der Waals surface area contributed by atoms with Crippen molar-refractivity contribution in [1.82, 2.24) is 30.8 Å². The van der Waals surface area contributed by atoms with Crippen molar-refractivity contribution in [3.63, 3.8) is 0 Å². The Balaban J connectivity index is 1.26. The lowest BCUT2D eigenvalue weighted by Gasteiger charge is -2.20. The molecular formula is C32H35N7O4S. The Morgan fingerprint density at radius 2 is 1.84 bits per heavy atom. The van der Waals surface area contributed by atoms with Crippen LogP contribution in [0.1, 0.15) is 39.8 Å². The van der Waals surface area contributed by atoms with Gasteiger partial charge in [-0.2, -0.15) is 0 Å². The molecule has 12 heteroatoms. The summed E-state index contributed by atoms with van der Waals surface area (Å²) in [6.45, 7) is 2.92. The number of nitrogens with one attached hydrogen (secondary N) is 4. The molecule has 3 heterocycles. The van der Waals surface area contributed by atoms with E-state index in [9.17, 15) is 19.2 Å². The van der Waals surface area contributed by atoms with Gasteiger partial charge in [-0.25, -0.2) is 4.98 Å². The van der Waals surface area contributed by atoms with Crippen LogP contribution >= 0.6 is 11.3 Å². The predicted octanol–water partition coefficient (Wildman–Crippen LogP) is 2.48. The van der Waals surface area contributed by atoms with E-state index < -0.39 is 23.9 Å². The van der Waals surface area contributed by atoms with Crippen LogP contribution in [0.4, 0.5) is 0 Å². The Kier molecular flexibility index (Phi) is 9.80. The maximum Gasteiger partial charge on any atom is 0.243 e. The molecule has 1 aliphatic rings. The number of nitrogens with zero attached hydrogens (tertiary/aromatic N) is 3. The number of amides is 3. The van der Waals surface area contributed by atoms with Crippen LogP contribution in [-0.2, 0) is 27.2 Å². The molecule has 0 saturated heterocycles. The third-order valence-electron chi connectivity index (χ3n) is 7.47. The number of likely N-dealkylation sites (N-methyl/N-ethyl adjacent to an activating group) is 1. The molecule has 0 fully saturated rings. The summed E-state index contributed by atoms with van der Waals surface area (Å²) in [4.78, 5) is 66.0. The number of H-pyrrole nitrogens is 1. The molecular weight excluding hydrogens is 578 g/mol. The Labute approximate surface area is 259 Å². The van der Waals surface area contributed by atoms with Gasteiger partial charge in [-0.15, -0.1) is 11.3 Å². The smallest absolute Gasteiger partial charge is 0.243 e. The Hall–Kier alpha value is -4.84. The third-order valence-corrected chi connectivity index (χ3v) is 8.26. The van der Waals surface area contributed by atoms with Crippen molar-refractivity contribution >= 4 is 51.6 Å². The van der Waals surface area contributed by atoms with Gasteiger partial charge < -0.3 is 25.8 Å². The number of carbonyl (C=O) groups is 4. The van der Waals surface area contributed by atoms with Crippen molar-refractivity contribution in [2.45, 2.75) is 38.3 Å². The van der Waals surface area contributed by atoms with Gasteiger partial charge in [0.1, 0.15) is 11.9 Å². The van der Waals surface area contributed by atoms with E-state index in [1.807, 2.05) is 61.8 Å². The first kappa shape index (κ1) is 30.6. The zero-order chi connectivity index (χ0) is 31.1. The Bertz CT molecular complexity index is 1680. The summed E-state index contributed by atoms with van der Waals surface area (Å²) in [5.74, 6) is -0.731. The van der Waals surface area contributed by atoms with E-state index in [-0.39, 0.29) is 37.5 Å². The monoisotopic (exact) mass is 613 g/mol. The Morgan fingerprint density at radius 3 is 2.59 bits per heavy atom.